The van der Waals surface area contributed by atoms with Gasteiger partial charge >= 0.3 is 28.3 Å². The monoisotopic (exact) mass is 460 g/mol. The fraction of sp³-hybridized carbons (Fsp3) is 0.429. The summed E-state index contributed by atoms with van der Waals surface area (Å²) >= 11 is 0. The number of carbonyl (C=O) groups is 2. The Kier molecular flexibility index (Phi) is 6.14. The van der Waals surface area contributed by atoms with E-state index in [1.54, 1.807) is 0 Å². The lowest BCUT2D eigenvalue weighted by atomic mass is 10.1. The number of piperazine rings is 1. The Morgan fingerprint density at radius 1 is 0.931 bits per heavy atom. The number of nitrogens with zero attached hydrogens (tertiary/aromatic N) is 2. The number of hydrogen-bond donors (Lipinski definition) is 2. The highest BCUT2D eigenvalue weighted by atomic mass is 32.5. The molecule has 15 heteroatoms. The molecule has 29 heavy (non-hydrogen) atoms. The fourth-order valence-corrected chi connectivity index (χ4v) is 2.87. The van der Waals surface area contributed by atoms with Gasteiger partial charge < -0.3 is 20.0 Å². The molecule has 1 aromatic rings. The molecule has 1 fully saturated rings. The molecule has 6 nitrogen and oxygen atoms in total. The van der Waals surface area contributed by atoms with E-state index in [4.69, 9.17) is 15.0 Å². The first kappa shape index (κ1) is 24.7. The van der Waals surface area contributed by atoms with Gasteiger partial charge in [0.1, 0.15) is 4.90 Å². The highest BCUT2D eigenvalue weighted by Gasteiger charge is 2.65. The number of rotatable bonds is 3. The topological polar surface area (TPSA) is 81.1 Å². The van der Waals surface area contributed by atoms with E-state index < -0.39 is 38.8 Å². The van der Waals surface area contributed by atoms with E-state index in [9.17, 15) is 37.4 Å². The second-order valence-electron chi connectivity index (χ2n) is 6.08. The highest BCUT2D eigenvalue weighted by molar-refractivity contribution is 8.45. The molecule has 2 rings (SSSR count). The Hall–Kier alpha value is -2.29. The summed E-state index contributed by atoms with van der Waals surface area (Å²) in [6.07, 6.45) is -5.08. The molecule has 0 spiro atoms. The van der Waals surface area contributed by atoms with Crippen molar-refractivity contribution >= 4 is 27.9 Å². The molecule has 1 aliphatic heterocycles. The van der Waals surface area contributed by atoms with Crippen molar-refractivity contribution in [2.24, 2.45) is 0 Å². The van der Waals surface area contributed by atoms with E-state index in [0.29, 0.717) is 32.2 Å². The lowest BCUT2D eigenvalue weighted by molar-refractivity contribution is -0.192. The Morgan fingerprint density at radius 2 is 1.38 bits per heavy atom. The van der Waals surface area contributed by atoms with Crippen LogP contribution in [-0.4, -0.2) is 66.5 Å². The zero-order valence-electron chi connectivity index (χ0n) is 14.6. The summed E-state index contributed by atoms with van der Waals surface area (Å²) < 4.78 is 96.6. The fourth-order valence-electron chi connectivity index (χ4n) is 2.18. The van der Waals surface area contributed by atoms with Gasteiger partial charge in [-0.1, -0.05) is 19.4 Å². The van der Waals surface area contributed by atoms with Gasteiger partial charge in [0.2, 0.25) is 0 Å². The predicted molar refractivity (Wildman–Crippen MR) is 88.2 cm³/mol. The SMILES string of the molecule is CN1CCN(c2cc(C(=O)O)cc(S(F)(F)(F)(F)F)c2)CC1.O=C(O)C(F)(F)F. The van der Waals surface area contributed by atoms with E-state index >= 15 is 0 Å². The third kappa shape index (κ3) is 7.56. The molecular weight excluding hydrogens is 444 g/mol. The van der Waals surface area contributed by atoms with Gasteiger partial charge in [0.05, 0.1) is 5.56 Å². The van der Waals surface area contributed by atoms with Crippen LogP contribution in [0.25, 0.3) is 0 Å². The van der Waals surface area contributed by atoms with Crippen LogP contribution in [0.1, 0.15) is 10.4 Å². The molecule has 0 aromatic heterocycles. The summed E-state index contributed by atoms with van der Waals surface area (Å²) in [7, 11) is -8.11. The van der Waals surface area contributed by atoms with Crippen molar-refractivity contribution in [3.8, 4) is 0 Å². The maximum Gasteiger partial charge on any atom is 0.490 e. The van der Waals surface area contributed by atoms with Crippen molar-refractivity contribution in [1.29, 1.82) is 0 Å². The van der Waals surface area contributed by atoms with Gasteiger partial charge in [-0.05, 0) is 25.2 Å². The molecule has 0 aliphatic carbocycles. The molecule has 2 N–H and O–H groups in total. The molecular formula is C14H16F8N2O4S. The van der Waals surface area contributed by atoms with Gasteiger partial charge in [-0.15, -0.1) is 0 Å². The van der Waals surface area contributed by atoms with Crippen molar-refractivity contribution < 1.29 is 52.4 Å². The smallest absolute Gasteiger partial charge is 0.478 e. The number of halogens is 8. The Morgan fingerprint density at radius 3 is 1.72 bits per heavy atom. The van der Waals surface area contributed by atoms with Crippen LogP contribution in [0.5, 0.6) is 0 Å². The molecule has 1 saturated heterocycles. The van der Waals surface area contributed by atoms with Crippen LogP contribution in [0, 0.1) is 0 Å². The van der Waals surface area contributed by atoms with E-state index in [-0.39, 0.29) is 11.8 Å². The zero-order valence-corrected chi connectivity index (χ0v) is 15.4. The summed E-state index contributed by atoms with van der Waals surface area (Å²) in [5.74, 6) is -4.44. The first-order valence-corrected chi connectivity index (χ1v) is 9.52. The van der Waals surface area contributed by atoms with Crippen LogP contribution in [0.3, 0.4) is 0 Å². The standard InChI is InChI=1S/C12H15F5N2O2S.C2HF3O2/c1-18-2-4-19(5-3-18)10-6-9(12(20)21)7-11(8-10)22(13,14,15,16)17;3-2(4,5)1(6)7/h6-8H,2-5H2,1H3,(H,20,21);(H,6,7). The number of carboxylic acids is 2. The number of aromatic carboxylic acids is 1. The van der Waals surface area contributed by atoms with Gasteiger partial charge in [0, 0.05) is 31.9 Å². The van der Waals surface area contributed by atoms with Crippen LogP contribution < -0.4 is 4.90 Å². The second kappa shape index (κ2) is 7.19. The van der Waals surface area contributed by atoms with Crippen molar-refractivity contribution in [2.75, 3.05) is 38.1 Å². The number of hydrogen-bond acceptors (Lipinski definition) is 4. The Balaban J connectivity index is 0.000000516. The normalized spacial score (nSPS) is 18.2. The summed E-state index contributed by atoms with van der Waals surface area (Å²) in [4.78, 5) is 21.1. The number of benzene rings is 1. The lowest BCUT2D eigenvalue weighted by Crippen LogP contribution is -2.44. The Bertz CT molecular complexity index is 789. The molecule has 0 saturated carbocycles. The third-order valence-electron chi connectivity index (χ3n) is 3.69. The predicted octanol–water partition coefficient (Wildman–Crippen LogP) is 4.43. The molecule has 168 valence electrons. The third-order valence-corrected chi connectivity index (χ3v) is 4.82. The van der Waals surface area contributed by atoms with Gasteiger partial charge in [-0.2, -0.15) is 13.2 Å². The first-order chi connectivity index (χ1) is 12.7. The van der Waals surface area contributed by atoms with E-state index in [2.05, 4.69) is 0 Å². The maximum absolute atomic E-state index is 13.0. The van der Waals surface area contributed by atoms with Crippen molar-refractivity contribution in [3.63, 3.8) is 0 Å². The highest BCUT2D eigenvalue weighted by Crippen LogP contribution is 3.02. The number of anilines is 1. The molecule has 0 amide bonds. The summed E-state index contributed by atoms with van der Waals surface area (Å²) in [6, 6.07) is 1.31. The Labute approximate surface area is 159 Å². The summed E-state index contributed by atoms with van der Waals surface area (Å²) in [5, 5.41) is 16.0. The average Bonchev–Trinajstić information content (AvgIpc) is 2.52. The molecule has 1 heterocycles. The zero-order chi connectivity index (χ0) is 22.9. The molecule has 1 aromatic carbocycles. The summed E-state index contributed by atoms with van der Waals surface area (Å²) in [5.41, 5.74) is -0.962. The quantitative estimate of drug-likeness (QED) is 0.650. The van der Waals surface area contributed by atoms with E-state index in [1.165, 1.54) is 4.90 Å². The number of carboxylic acid groups (broad SMARTS) is 2. The number of alkyl halides is 3. The van der Waals surface area contributed by atoms with Crippen molar-refractivity contribution in [3.05, 3.63) is 23.8 Å². The molecule has 0 atom stereocenters. The molecule has 0 unspecified atom stereocenters. The van der Waals surface area contributed by atoms with Gasteiger partial charge in [-0.3, -0.25) is 0 Å². The van der Waals surface area contributed by atoms with Gasteiger partial charge in [0.15, 0.2) is 0 Å². The minimum Gasteiger partial charge on any atom is -0.478 e. The van der Waals surface area contributed by atoms with Crippen LogP contribution in [-0.2, 0) is 4.79 Å². The number of likely N-dealkylation sites (N-methyl/N-ethyl adjacent to an activating group) is 1. The van der Waals surface area contributed by atoms with Gasteiger partial charge in [-0.25, -0.2) is 9.59 Å². The minimum atomic E-state index is -9.93. The average molecular weight is 460 g/mol. The summed E-state index contributed by atoms with van der Waals surface area (Å²) in [6.45, 7) is 1.75. The first-order valence-electron chi connectivity index (χ1n) is 7.57. The van der Waals surface area contributed by atoms with Crippen molar-refractivity contribution in [1.82, 2.24) is 4.90 Å². The van der Waals surface area contributed by atoms with Crippen LogP contribution in [0.4, 0.5) is 38.3 Å². The van der Waals surface area contributed by atoms with E-state index in [1.807, 2.05) is 11.9 Å². The molecule has 1 aliphatic rings. The number of aliphatic carboxylic acids is 1. The van der Waals surface area contributed by atoms with Crippen LogP contribution in [0.2, 0.25) is 0 Å². The van der Waals surface area contributed by atoms with Crippen LogP contribution in [0.15, 0.2) is 23.1 Å². The van der Waals surface area contributed by atoms with Crippen LogP contribution >= 0.6 is 10.2 Å². The lowest BCUT2D eigenvalue weighted by Gasteiger charge is -2.41. The minimum absolute atomic E-state index is 0.0105. The second-order valence-corrected chi connectivity index (χ2v) is 8.49. The van der Waals surface area contributed by atoms with E-state index in [0.717, 1.165) is 6.07 Å². The maximum atomic E-state index is 13.0. The largest absolute Gasteiger partial charge is 0.490 e. The van der Waals surface area contributed by atoms with Crippen molar-refractivity contribution in [2.45, 2.75) is 11.1 Å². The van der Waals surface area contributed by atoms with Gasteiger partial charge in [0.25, 0.3) is 0 Å². The molecule has 0 bridgehead atoms. The molecule has 0 radical (unpaired) electrons.